The number of thiazole rings is 1. The molecule has 0 N–H and O–H groups in total. The number of hydrogen-bond acceptors (Lipinski definition) is 5. The Morgan fingerprint density at radius 3 is 1.90 bits per heavy atom. The molecule has 0 atom stereocenters. The van der Waals surface area contributed by atoms with Crippen LogP contribution >= 0.6 is 11.3 Å². The summed E-state index contributed by atoms with van der Waals surface area (Å²) in [7, 11) is 0. The fourth-order valence-electron chi connectivity index (χ4n) is 6.86. The summed E-state index contributed by atoms with van der Waals surface area (Å²) in [6.07, 6.45) is 0. The van der Waals surface area contributed by atoms with E-state index in [2.05, 4.69) is 126 Å². The van der Waals surface area contributed by atoms with E-state index in [4.69, 9.17) is 13.8 Å². The van der Waals surface area contributed by atoms with Crippen molar-refractivity contribution in [2.24, 2.45) is 0 Å². The second-order valence-corrected chi connectivity index (χ2v) is 13.0. The standard InChI is InChI=1S/C43H26N2O2S/c1-3-11-28(12-4-1)43-44-36-26-35(41-40(42(36)48-43)34-16-8-10-18-38(34)47-41)27-19-21-30(22-20-27)45(29-13-5-2-6-14-29)31-23-24-33-32-15-7-9-17-37(32)46-39(33)25-31/h1-26H. The molecule has 3 aromatic heterocycles. The monoisotopic (exact) mass is 634 g/mol. The van der Waals surface area contributed by atoms with Crippen LogP contribution in [0.4, 0.5) is 17.1 Å². The number of benzene rings is 7. The molecular weight excluding hydrogens is 609 g/mol. The van der Waals surface area contributed by atoms with Crippen molar-refractivity contribution < 1.29 is 8.83 Å². The molecule has 0 bridgehead atoms. The van der Waals surface area contributed by atoms with Crippen LogP contribution in [0.5, 0.6) is 0 Å². The Labute approximate surface area is 279 Å². The van der Waals surface area contributed by atoms with E-state index in [9.17, 15) is 0 Å². The lowest BCUT2D eigenvalue weighted by Crippen LogP contribution is -2.09. The van der Waals surface area contributed by atoms with Crippen molar-refractivity contribution in [3.63, 3.8) is 0 Å². The van der Waals surface area contributed by atoms with Gasteiger partial charge in [0.15, 0.2) is 0 Å². The number of anilines is 3. The van der Waals surface area contributed by atoms with Gasteiger partial charge in [-0.2, -0.15) is 0 Å². The summed E-state index contributed by atoms with van der Waals surface area (Å²) in [6.45, 7) is 0. The summed E-state index contributed by atoms with van der Waals surface area (Å²) in [5.41, 5.74) is 10.8. The molecule has 10 rings (SSSR count). The minimum absolute atomic E-state index is 0.866. The first-order valence-electron chi connectivity index (χ1n) is 16.0. The molecule has 0 aliphatic heterocycles. The van der Waals surface area contributed by atoms with Crippen LogP contribution in [0.25, 0.3) is 75.8 Å². The molecule has 10 aromatic rings. The predicted molar refractivity (Wildman–Crippen MR) is 200 cm³/mol. The van der Waals surface area contributed by atoms with Gasteiger partial charge in [-0.05, 0) is 60.2 Å². The Morgan fingerprint density at radius 2 is 1.10 bits per heavy atom. The number of fused-ring (bicyclic) bond motifs is 8. The second-order valence-electron chi connectivity index (χ2n) is 12.0. The quantitative estimate of drug-likeness (QED) is 0.189. The van der Waals surface area contributed by atoms with Crippen molar-refractivity contribution in [3.8, 4) is 21.7 Å². The van der Waals surface area contributed by atoms with Crippen LogP contribution in [-0.2, 0) is 0 Å². The molecule has 48 heavy (non-hydrogen) atoms. The summed E-state index contributed by atoms with van der Waals surface area (Å²) in [4.78, 5) is 7.40. The molecule has 0 amide bonds. The van der Waals surface area contributed by atoms with Gasteiger partial charge in [0.05, 0.1) is 10.2 Å². The minimum atomic E-state index is 0.866. The number of furan rings is 2. The van der Waals surface area contributed by atoms with Crippen LogP contribution in [0.15, 0.2) is 167 Å². The summed E-state index contributed by atoms with van der Waals surface area (Å²) in [5, 5.41) is 5.46. The van der Waals surface area contributed by atoms with E-state index in [0.717, 1.165) is 92.9 Å². The molecule has 4 nitrogen and oxygen atoms in total. The highest BCUT2D eigenvalue weighted by molar-refractivity contribution is 7.22. The second kappa shape index (κ2) is 10.7. The molecule has 0 saturated carbocycles. The fourth-order valence-corrected chi connectivity index (χ4v) is 7.96. The zero-order valence-corrected chi connectivity index (χ0v) is 26.4. The van der Waals surface area contributed by atoms with E-state index in [1.165, 1.54) is 0 Å². The highest BCUT2D eigenvalue weighted by Crippen LogP contribution is 2.45. The van der Waals surface area contributed by atoms with Crippen LogP contribution in [-0.4, -0.2) is 4.98 Å². The molecule has 226 valence electrons. The minimum Gasteiger partial charge on any atom is -0.456 e. The SMILES string of the molecule is c1ccc(-c2nc3cc(-c4ccc(N(c5ccccc5)c5ccc6c(c5)oc5ccccc56)cc4)c4oc5ccccc5c4c3s2)cc1. The zero-order valence-electron chi connectivity index (χ0n) is 25.6. The highest BCUT2D eigenvalue weighted by Gasteiger charge is 2.21. The van der Waals surface area contributed by atoms with Crippen LogP contribution in [0.1, 0.15) is 0 Å². The van der Waals surface area contributed by atoms with Gasteiger partial charge in [-0.3, -0.25) is 0 Å². The topological polar surface area (TPSA) is 42.4 Å². The zero-order chi connectivity index (χ0) is 31.6. The maximum absolute atomic E-state index is 6.60. The van der Waals surface area contributed by atoms with Crippen molar-refractivity contribution in [2.75, 3.05) is 4.90 Å². The first-order valence-corrected chi connectivity index (χ1v) is 16.8. The van der Waals surface area contributed by atoms with Gasteiger partial charge >= 0.3 is 0 Å². The predicted octanol–water partition coefficient (Wildman–Crippen LogP) is 12.9. The van der Waals surface area contributed by atoms with Gasteiger partial charge < -0.3 is 13.7 Å². The Hall–Kier alpha value is -6.17. The van der Waals surface area contributed by atoms with Gasteiger partial charge in [-0.25, -0.2) is 4.98 Å². The average Bonchev–Trinajstić information content (AvgIpc) is 3.86. The van der Waals surface area contributed by atoms with Gasteiger partial charge in [0.25, 0.3) is 0 Å². The summed E-state index contributed by atoms with van der Waals surface area (Å²) < 4.78 is 14.0. The lowest BCUT2D eigenvalue weighted by molar-refractivity contribution is 0.669. The molecule has 0 saturated heterocycles. The molecular formula is C43H26N2O2S. The van der Waals surface area contributed by atoms with Gasteiger partial charge in [0.1, 0.15) is 27.3 Å². The molecule has 0 unspecified atom stereocenters. The van der Waals surface area contributed by atoms with Crippen molar-refractivity contribution in [1.82, 2.24) is 4.98 Å². The average molecular weight is 635 g/mol. The normalized spacial score (nSPS) is 11.8. The summed E-state index contributed by atoms with van der Waals surface area (Å²) in [5.74, 6) is 0. The first kappa shape index (κ1) is 27.0. The molecule has 3 heterocycles. The van der Waals surface area contributed by atoms with Crippen molar-refractivity contribution in [2.45, 2.75) is 0 Å². The maximum Gasteiger partial charge on any atom is 0.144 e. The molecule has 5 heteroatoms. The molecule has 0 spiro atoms. The van der Waals surface area contributed by atoms with E-state index in [-0.39, 0.29) is 0 Å². The third kappa shape index (κ3) is 4.25. The molecule has 0 fully saturated rings. The van der Waals surface area contributed by atoms with E-state index >= 15 is 0 Å². The lowest BCUT2D eigenvalue weighted by atomic mass is 10.0. The van der Waals surface area contributed by atoms with Gasteiger partial charge in [-0.15, -0.1) is 11.3 Å². The van der Waals surface area contributed by atoms with Crippen LogP contribution in [0, 0.1) is 0 Å². The largest absolute Gasteiger partial charge is 0.456 e. The van der Waals surface area contributed by atoms with Crippen molar-refractivity contribution in [3.05, 3.63) is 158 Å². The summed E-state index contributed by atoms with van der Waals surface area (Å²) >= 11 is 1.72. The Bertz CT molecular complexity index is 2780. The van der Waals surface area contributed by atoms with Crippen LogP contribution < -0.4 is 4.90 Å². The van der Waals surface area contributed by atoms with Gasteiger partial charge in [-0.1, -0.05) is 97.1 Å². The number of para-hydroxylation sites is 3. The number of rotatable bonds is 5. The maximum atomic E-state index is 6.60. The van der Waals surface area contributed by atoms with E-state index < -0.39 is 0 Å². The highest BCUT2D eigenvalue weighted by atomic mass is 32.1. The Balaban J connectivity index is 1.13. The van der Waals surface area contributed by atoms with Crippen molar-refractivity contribution >= 4 is 82.5 Å². The number of aromatic nitrogens is 1. The third-order valence-electron chi connectivity index (χ3n) is 9.09. The lowest BCUT2D eigenvalue weighted by Gasteiger charge is -2.25. The van der Waals surface area contributed by atoms with Crippen LogP contribution in [0.2, 0.25) is 0 Å². The van der Waals surface area contributed by atoms with E-state index in [1.807, 2.05) is 36.4 Å². The first-order chi connectivity index (χ1) is 23.8. The van der Waals surface area contributed by atoms with E-state index in [1.54, 1.807) is 11.3 Å². The Morgan fingerprint density at radius 1 is 0.479 bits per heavy atom. The smallest absolute Gasteiger partial charge is 0.144 e. The number of nitrogens with zero attached hydrogens (tertiary/aromatic N) is 2. The Kier molecular flexibility index (Phi) is 6.01. The van der Waals surface area contributed by atoms with Crippen molar-refractivity contribution in [1.29, 1.82) is 0 Å². The molecule has 7 aromatic carbocycles. The molecule has 0 aliphatic rings. The molecule has 0 radical (unpaired) electrons. The van der Waals surface area contributed by atoms with E-state index in [0.29, 0.717) is 0 Å². The number of hydrogen-bond donors (Lipinski definition) is 0. The van der Waals surface area contributed by atoms with Gasteiger partial charge in [0.2, 0.25) is 0 Å². The van der Waals surface area contributed by atoms with Crippen LogP contribution in [0.3, 0.4) is 0 Å². The fraction of sp³-hybridized carbons (Fsp3) is 0. The third-order valence-corrected chi connectivity index (χ3v) is 10.2. The van der Waals surface area contributed by atoms with Gasteiger partial charge in [0, 0.05) is 55.8 Å². The molecule has 0 aliphatic carbocycles. The summed E-state index contributed by atoms with van der Waals surface area (Å²) in [6, 6.07) is 54.7.